The van der Waals surface area contributed by atoms with Crippen LogP contribution in [0.2, 0.25) is 0 Å². The first-order valence-electron chi connectivity index (χ1n) is 7.09. The minimum absolute atomic E-state index is 0.0925. The molecule has 1 aliphatic rings. The maximum Gasteiger partial charge on any atom is 0.491 e. The predicted molar refractivity (Wildman–Crippen MR) is 83.2 cm³/mol. The number of hydrogen-bond donors (Lipinski definition) is 1. The quantitative estimate of drug-likeness (QED) is 0.680. The third-order valence-corrected chi connectivity index (χ3v) is 3.58. The molecule has 0 unspecified atom stereocenters. The molecular weight excluding hydrogens is 297 g/mol. The standard InChI is InChI=1S/C16H14BNO5/c1-9(19)13-4-6-15(18-16(13)10(2)20)23-12-3-5-14-11(7-12)8-22-17(14)21/h3-7,21H,8H2,1-2H3. The van der Waals surface area contributed by atoms with Gasteiger partial charge in [0.05, 0.1) is 6.61 Å². The SMILES string of the molecule is CC(=O)c1ccc(Oc2ccc3c(c2)COB3O)nc1C(C)=O. The second-order valence-electron chi connectivity index (χ2n) is 5.28. The van der Waals surface area contributed by atoms with Gasteiger partial charge in [-0.3, -0.25) is 9.59 Å². The fourth-order valence-electron chi connectivity index (χ4n) is 2.44. The Balaban J connectivity index is 1.90. The Morgan fingerprint density at radius 1 is 1.22 bits per heavy atom. The van der Waals surface area contributed by atoms with Crippen molar-refractivity contribution in [1.82, 2.24) is 4.98 Å². The van der Waals surface area contributed by atoms with Gasteiger partial charge in [0.1, 0.15) is 11.4 Å². The van der Waals surface area contributed by atoms with E-state index in [1.54, 1.807) is 24.3 Å². The summed E-state index contributed by atoms with van der Waals surface area (Å²) in [5.74, 6) is 0.211. The molecule has 0 atom stereocenters. The van der Waals surface area contributed by atoms with Crippen LogP contribution in [0, 0.1) is 0 Å². The molecule has 1 aromatic heterocycles. The van der Waals surface area contributed by atoms with Crippen molar-refractivity contribution in [3.63, 3.8) is 0 Å². The Hall–Kier alpha value is -2.51. The van der Waals surface area contributed by atoms with E-state index in [2.05, 4.69) is 4.98 Å². The lowest BCUT2D eigenvalue weighted by atomic mass is 9.80. The van der Waals surface area contributed by atoms with Crippen molar-refractivity contribution >= 4 is 24.1 Å². The van der Waals surface area contributed by atoms with Crippen LogP contribution in [0.5, 0.6) is 11.6 Å². The van der Waals surface area contributed by atoms with Crippen LogP contribution in [0.15, 0.2) is 30.3 Å². The number of fused-ring (bicyclic) bond motifs is 1. The summed E-state index contributed by atoms with van der Waals surface area (Å²) in [5, 5.41) is 9.60. The number of Topliss-reactive ketones (excluding diaryl/α,β-unsaturated/α-hetero) is 2. The summed E-state index contributed by atoms with van der Waals surface area (Å²) in [5.41, 5.74) is 1.91. The van der Waals surface area contributed by atoms with Crippen LogP contribution < -0.4 is 10.2 Å². The topological polar surface area (TPSA) is 85.7 Å². The molecule has 23 heavy (non-hydrogen) atoms. The number of ketones is 2. The molecule has 0 saturated heterocycles. The van der Waals surface area contributed by atoms with Gasteiger partial charge in [0.2, 0.25) is 5.88 Å². The van der Waals surface area contributed by atoms with E-state index in [1.165, 1.54) is 19.9 Å². The molecule has 7 heteroatoms. The zero-order valence-corrected chi connectivity index (χ0v) is 12.7. The number of carbonyl (C=O) groups excluding carboxylic acids is 2. The maximum atomic E-state index is 11.7. The van der Waals surface area contributed by atoms with E-state index in [-0.39, 0.29) is 28.7 Å². The molecule has 6 nitrogen and oxygen atoms in total. The number of ether oxygens (including phenoxy) is 1. The zero-order valence-electron chi connectivity index (χ0n) is 12.7. The van der Waals surface area contributed by atoms with Gasteiger partial charge < -0.3 is 14.4 Å². The number of benzene rings is 1. The average molecular weight is 311 g/mol. The second kappa shape index (κ2) is 5.94. The van der Waals surface area contributed by atoms with Crippen molar-refractivity contribution in [2.24, 2.45) is 0 Å². The van der Waals surface area contributed by atoms with Crippen LogP contribution in [0.25, 0.3) is 0 Å². The second-order valence-corrected chi connectivity index (χ2v) is 5.28. The average Bonchev–Trinajstić information content (AvgIpc) is 2.88. The van der Waals surface area contributed by atoms with Crippen molar-refractivity contribution in [2.75, 3.05) is 0 Å². The molecule has 0 fully saturated rings. The molecule has 0 bridgehead atoms. The van der Waals surface area contributed by atoms with Gasteiger partial charge in [0.15, 0.2) is 11.6 Å². The number of carbonyl (C=O) groups is 2. The molecule has 0 aliphatic carbocycles. The highest BCUT2D eigenvalue weighted by Gasteiger charge is 2.27. The molecule has 1 aromatic carbocycles. The molecule has 1 aliphatic heterocycles. The Labute approximate surface area is 133 Å². The highest BCUT2D eigenvalue weighted by Crippen LogP contribution is 2.24. The van der Waals surface area contributed by atoms with Gasteiger partial charge in [0, 0.05) is 18.6 Å². The van der Waals surface area contributed by atoms with E-state index in [0.717, 1.165) is 5.56 Å². The summed E-state index contributed by atoms with van der Waals surface area (Å²) in [7, 11) is -0.906. The normalized spacial score (nSPS) is 12.9. The van der Waals surface area contributed by atoms with Gasteiger partial charge in [-0.2, -0.15) is 0 Å². The Morgan fingerprint density at radius 3 is 2.70 bits per heavy atom. The molecule has 0 saturated carbocycles. The molecule has 2 heterocycles. The summed E-state index contributed by atoms with van der Waals surface area (Å²) >= 11 is 0. The molecule has 1 N–H and O–H groups in total. The van der Waals surface area contributed by atoms with Gasteiger partial charge in [-0.15, -0.1) is 0 Å². The van der Waals surface area contributed by atoms with Crippen molar-refractivity contribution in [3.05, 3.63) is 47.2 Å². The Morgan fingerprint density at radius 2 is 2.00 bits per heavy atom. The van der Waals surface area contributed by atoms with Gasteiger partial charge >= 0.3 is 7.12 Å². The van der Waals surface area contributed by atoms with Gasteiger partial charge in [-0.05, 0) is 36.1 Å². The number of nitrogens with zero attached hydrogens (tertiary/aromatic N) is 1. The molecule has 3 rings (SSSR count). The first-order valence-corrected chi connectivity index (χ1v) is 7.09. The van der Waals surface area contributed by atoms with Crippen LogP contribution in [-0.4, -0.2) is 28.7 Å². The fourth-order valence-corrected chi connectivity index (χ4v) is 2.44. The summed E-state index contributed by atoms with van der Waals surface area (Å²) in [6.45, 7) is 3.05. The first-order chi connectivity index (χ1) is 11.0. The molecule has 116 valence electrons. The summed E-state index contributed by atoms with van der Waals surface area (Å²) in [6.07, 6.45) is 0. The number of aromatic nitrogens is 1. The van der Waals surface area contributed by atoms with Crippen molar-refractivity contribution < 1.29 is 24.0 Å². The summed E-state index contributed by atoms with van der Waals surface area (Å²) < 4.78 is 10.8. The maximum absolute atomic E-state index is 11.7. The van der Waals surface area contributed by atoms with E-state index in [4.69, 9.17) is 9.39 Å². The highest BCUT2D eigenvalue weighted by atomic mass is 16.5. The van der Waals surface area contributed by atoms with E-state index in [9.17, 15) is 14.6 Å². The highest BCUT2D eigenvalue weighted by molar-refractivity contribution is 6.61. The summed E-state index contributed by atoms with van der Waals surface area (Å²) in [6, 6.07) is 8.23. The Bertz CT molecular complexity index is 805. The van der Waals surface area contributed by atoms with E-state index >= 15 is 0 Å². The predicted octanol–water partition coefficient (Wildman–Crippen LogP) is 1.50. The minimum Gasteiger partial charge on any atom is -0.439 e. The third kappa shape index (κ3) is 3.01. The van der Waals surface area contributed by atoms with Crippen molar-refractivity contribution in [3.8, 4) is 11.6 Å². The van der Waals surface area contributed by atoms with Crippen LogP contribution >= 0.6 is 0 Å². The molecule has 0 radical (unpaired) electrons. The lowest BCUT2D eigenvalue weighted by Gasteiger charge is -2.09. The fraction of sp³-hybridized carbons (Fsp3) is 0.188. The lowest BCUT2D eigenvalue weighted by molar-refractivity contribution is 0.0976. The molecular formula is C16H14BNO5. The molecule has 0 spiro atoms. The summed E-state index contributed by atoms with van der Waals surface area (Å²) in [4.78, 5) is 27.3. The van der Waals surface area contributed by atoms with Crippen molar-refractivity contribution in [2.45, 2.75) is 20.5 Å². The van der Waals surface area contributed by atoms with E-state index < -0.39 is 7.12 Å². The zero-order chi connectivity index (χ0) is 16.6. The third-order valence-electron chi connectivity index (χ3n) is 3.58. The number of hydrogen-bond acceptors (Lipinski definition) is 6. The van der Waals surface area contributed by atoms with Crippen LogP contribution in [0.4, 0.5) is 0 Å². The minimum atomic E-state index is -0.906. The molecule has 2 aromatic rings. The van der Waals surface area contributed by atoms with Gasteiger partial charge in [0.25, 0.3) is 0 Å². The van der Waals surface area contributed by atoms with Crippen LogP contribution in [0.1, 0.15) is 40.3 Å². The largest absolute Gasteiger partial charge is 0.491 e. The number of pyridine rings is 1. The van der Waals surface area contributed by atoms with E-state index in [1.807, 2.05) is 0 Å². The monoisotopic (exact) mass is 311 g/mol. The smallest absolute Gasteiger partial charge is 0.439 e. The first kappa shape index (κ1) is 15.4. The van der Waals surface area contributed by atoms with Crippen LogP contribution in [0.3, 0.4) is 0 Å². The van der Waals surface area contributed by atoms with Crippen molar-refractivity contribution in [1.29, 1.82) is 0 Å². The van der Waals surface area contributed by atoms with Crippen LogP contribution in [-0.2, 0) is 11.3 Å². The molecule has 0 amide bonds. The lowest BCUT2D eigenvalue weighted by Crippen LogP contribution is -2.27. The van der Waals surface area contributed by atoms with E-state index in [0.29, 0.717) is 17.8 Å². The van der Waals surface area contributed by atoms with Gasteiger partial charge in [-0.25, -0.2) is 4.98 Å². The Kier molecular flexibility index (Phi) is 3.98. The van der Waals surface area contributed by atoms with Gasteiger partial charge in [-0.1, -0.05) is 6.07 Å². The number of rotatable bonds is 4.